The summed E-state index contributed by atoms with van der Waals surface area (Å²) in [5.74, 6) is -0.344. The van der Waals surface area contributed by atoms with Crippen molar-refractivity contribution >= 4 is 5.97 Å². The topological polar surface area (TPSA) is 58.6 Å². The third-order valence-corrected chi connectivity index (χ3v) is 2.62. The monoisotopic (exact) mass is 207 g/mol. The second-order valence-corrected chi connectivity index (χ2v) is 3.57. The third kappa shape index (κ3) is 1.86. The minimum Gasteiger partial charge on any atom is -0.465 e. The fourth-order valence-electron chi connectivity index (χ4n) is 1.63. The lowest BCUT2D eigenvalue weighted by molar-refractivity contribution is 0.0599. The number of carbonyl (C=O) groups is 1. The number of methoxy groups -OCH3 is 1. The van der Waals surface area contributed by atoms with Gasteiger partial charge in [0.05, 0.1) is 24.8 Å². The highest BCUT2D eigenvalue weighted by Crippen LogP contribution is 2.23. The molecule has 1 aliphatic rings. The normalized spacial score (nSPS) is 24.4. The highest BCUT2D eigenvalue weighted by Gasteiger charge is 2.29. The summed E-state index contributed by atoms with van der Waals surface area (Å²) in [4.78, 5) is 11.2. The van der Waals surface area contributed by atoms with Crippen molar-refractivity contribution < 1.29 is 14.6 Å². The number of hydrogen-bond acceptors (Lipinski definition) is 4. The second-order valence-electron chi connectivity index (χ2n) is 3.57. The van der Waals surface area contributed by atoms with Crippen molar-refractivity contribution in [1.29, 1.82) is 0 Å². The molecule has 0 aromatic heterocycles. The SMILES string of the molecule is COC(=O)c1ccc([C@H]2NC[C@@H]2O)cc1. The number of carbonyl (C=O) groups excluding carboxylic acids is 1. The molecule has 1 heterocycles. The molecule has 2 N–H and O–H groups in total. The molecule has 1 aromatic carbocycles. The molecule has 4 nitrogen and oxygen atoms in total. The molecular formula is C11H13NO3. The van der Waals surface area contributed by atoms with Crippen LogP contribution in [0.2, 0.25) is 0 Å². The summed E-state index contributed by atoms with van der Waals surface area (Å²) in [5, 5.41) is 12.5. The van der Waals surface area contributed by atoms with Gasteiger partial charge in [0, 0.05) is 6.54 Å². The molecule has 1 saturated heterocycles. The van der Waals surface area contributed by atoms with Crippen LogP contribution < -0.4 is 5.32 Å². The molecule has 2 rings (SSSR count). The molecule has 15 heavy (non-hydrogen) atoms. The first kappa shape index (κ1) is 10.1. The fraction of sp³-hybridized carbons (Fsp3) is 0.364. The number of hydrogen-bond donors (Lipinski definition) is 2. The molecule has 80 valence electrons. The third-order valence-electron chi connectivity index (χ3n) is 2.62. The summed E-state index contributed by atoms with van der Waals surface area (Å²) in [6.45, 7) is 0.628. The maximum absolute atomic E-state index is 11.2. The van der Waals surface area contributed by atoms with Crippen molar-refractivity contribution in [2.75, 3.05) is 13.7 Å². The number of aliphatic hydroxyl groups is 1. The number of benzene rings is 1. The van der Waals surface area contributed by atoms with Gasteiger partial charge in [0.1, 0.15) is 0 Å². The van der Waals surface area contributed by atoms with E-state index < -0.39 is 0 Å². The lowest BCUT2D eigenvalue weighted by Gasteiger charge is -2.34. The molecule has 0 radical (unpaired) electrons. The second kappa shape index (κ2) is 4.00. The van der Waals surface area contributed by atoms with Crippen molar-refractivity contribution in [3.05, 3.63) is 35.4 Å². The average Bonchev–Trinajstić information content (AvgIpc) is 2.27. The highest BCUT2D eigenvalue weighted by molar-refractivity contribution is 5.89. The Morgan fingerprint density at radius 1 is 1.47 bits per heavy atom. The van der Waals surface area contributed by atoms with Crippen LogP contribution in [0.25, 0.3) is 0 Å². The van der Waals surface area contributed by atoms with E-state index in [2.05, 4.69) is 10.1 Å². The number of esters is 1. The Kier molecular flexibility index (Phi) is 2.70. The van der Waals surface area contributed by atoms with Crippen molar-refractivity contribution in [3.8, 4) is 0 Å². The molecule has 0 aliphatic carbocycles. The zero-order valence-electron chi connectivity index (χ0n) is 8.43. The van der Waals surface area contributed by atoms with Crippen LogP contribution in [0.4, 0.5) is 0 Å². The molecule has 0 unspecified atom stereocenters. The summed E-state index contributed by atoms with van der Waals surface area (Å²) < 4.78 is 4.59. The molecule has 2 atom stereocenters. The Bertz CT molecular complexity index is 361. The first-order chi connectivity index (χ1) is 7.22. The van der Waals surface area contributed by atoms with Crippen LogP contribution in [0.5, 0.6) is 0 Å². The molecule has 0 bridgehead atoms. The number of β-amino-alcohol motifs (C(OH)–C–C–N with tert-alkyl or cyclic N) is 1. The Morgan fingerprint density at radius 2 is 2.13 bits per heavy atom. The maximum atomic E-state index is 11.2. The van der Waals surface area contributed by atoms with Gasteiger partial charge < -0.3 is 15.2 Å². The van der Waals surface area contributed by atoms with Gasteiger partial charge in [-0.05, 0) is 17.7 Å². The molecule has 0 saturated carbocycles. The Labute approximate surface area is 87.9 Å². The Balaban J connectivity index is 2.13. The number of rotatable bonds is 2. The van der Waals surface area contributed by atoms with Gasteiger partial charge in [-0.1, -0.05) is 12.1 Å². The zero-order valence-corrected chi connectivity index (χ0v) is 8.43. The van der Waals surface area contributed by atoms with E-state index >= 15 is 0 Å². The van der Waals surface area contributed by atoms with Gasteiger partial charge in [-0.25, -0.2) is 4.79 Å². The molecule has 1 aliphatic heterocycles. The zero-order chi connectivity index (χ0) is 10.8. The van der Waals surface area contributed by atoms with Gasteiger partial charge in [0.2, 0.25) is 0 Å². The van der Waals surface area contributed by atoms with Crippen LogP contribution in [0.1, 0.15) is 22.0 Å². The van der Waals surface area contributed by atoms with E-state index in [1.54, 1.807) is 12.1 Å². The first-order valence-corrected chi connectivity index (χ1v) is 4.82. The van der Waals surface area contributed by atoms with Crippen LogP contribution in [0.3, 0.4) is 0 Å². The van der Waals surface area contributed by atoms with Gasteiger partial charge in [-0.2, -0.15) is 0 Å². The largest absolute Gasteiger partial charge is 0.465 e. The summed E-state index contributed by atoms with van der Waals surface area (Å²) >= 11 is 0. The molecule has 1 fully saturated rings. The Hall–Kier alpha value is -1.39. The van der Waals surface area contributed by atoms with Gasteiger partial charge in [0.15, 0.2) is 0 Å². The van der Waals surface area contributed by atoms with E-state index in [9.17, 15) is 9.90 Å². The maximum Gasteiger partial charge on any atom is 0.337 e. The molecule has 0 spiro atoms. The lowest BCUT2D eigenvalue weighted by Crippen LogP contribution is -2.49. The molecule has 4 heteroatoms. The van der Waals surface area contributed by atoms with Crippen molar-refractivity contribution in [2.24, 2.45) is 0 Å². The van der Waals surface area contributed by atoms with E-state index in [0.717, 1.165) is 5.56 Å². The first-order valence-electron chi connectivity index (χ1n) is 4.82. The summed E-state index contributed by atoms with van der Waals surface area (Å²) in [6.07, 6.45) is -0.325. The quantitative estimate of drug-likeness (QED) is 0.692. The summed E-state index contributed by atoms with van der Waals surface area (Å²) in [6, 6.07) is 7.05. The number of ether oxygens (including phenoxy) is 1. The smallest absolute Gasteiger partial charge is 0.337 e. The van der Waals surface area contributed by atoms with Crippen molar-refractivity contribution in [1.82, 2.24) is 5.32 Å². The van der Waals surface area contributed by atoms with Crippen LogP contribution >= 0.6 is 0 Å². The fourth-order valence-corrected chi connectivity index (χ4v) is 1.63. The van der Waals surface area contributed by atoms with Crippen molar-refractivity contribution in [3.63, 3.8) is 0 Å². The van der Waals surface area contributed by atoms with Gasteiger partial charge in [-0.3, -0.25) is 0 Å². The van der Waals surface area contributed by atoms with E-state index in [4.69, 9.17) is 0 Å². The lowest BCUT2D eigenvalue weighted by atomic mass is 9.94. The van der Waals surface area contributed by atoms with E-state index in [-0.39, 0.29) is 18.1 Å². The predicted octanol–water partition coefficient (Wildman–Crippen LogP) is 0.478. The van der Waals surface area contributed by atoms with E-state index in [1.165, 1.54) is 7.11 Å². The average molecular weight is 207 g/mol. The van der Waals surface area contributed by atoms with Crippen LogP contribution in [0, 0.1) is 0 Å². The number of nitrogens with one attached hydrogen (secondary N) is 1. The highest BCUT2D eigenvalue weighted by atomic mass is 16.5. The van der Waals surface area contributed by atoms with Crippen molar-refractivity contribution in [2.45, 2.75) is 12.1 Å². The van der Waals surface area contributed by atoms with Gasteiger partial charge in [-0.15, -0.1) is 0 Å². The molecular weight excluding hydrogens is 194 g/mol. The van der Waals surface area contributed by atoms with E-state index in [1.807, 2.05) is 12.1 Å². The minimum absolute atomic E-state index is 0.00306. The predicted molar refractivity (Wildman–Crippen MR) is 54.5 cm³/mol. The van der Waals surface area contributed by atoms with Crippen LogP contribution in [0.15, 0.2) is 24.3 Å². The standard InChI is InChI=1S/C11H13NO3/c1-15-11(14)8-4-2-7(3-5-8)10-9(13)6-12-10/h2-5,9-10,12-13H,6H2,1H3/t9-,10+/m0/s1. The van der Waals surface area contributed by atoms with Gasteiger partial charge in [0.25, 0.3) is 0 Å². The molecule has 1 aromatic rings. The molecule has 0 amide bonds. The summed E-state index contributed by atoms with van der Waals surface area (Å²) in [5.41, 5.74) is 1.51. The minimum atomic E-state index is -0.344. The number of aliphatic hydroxyl groups excluding tert-OH is 1. The van der Waals surface area contributed by atoms with Gasteiger partial charge >= 0.3 is 5.97 Å². The van der Waals surface area contributed by atoms with E-state index in [0.29, 0.717) is 12.1 Å². The Morgan fingerprint density at radius 3 is 2.53 bits per heavy atom. The van der Waals surface area contributed by atoms with Crippen LogP contribution in [-0.2, 0) is 4.74 Å². The summed E-state index contributed by atoms with van der Waals surface area (Å²) in [7, 11) is 1.35. The van der Waals surface area contributed by atoms with Crippen LogP contribution in [-0.4, -0.2) is 30.8 Å².